The fraction of sp³-hybridized carbons (Fsp3) is 0.208. The van der Waals surface area contributed by atoms with Crippen LogP contribution in [0.2, 0.25) is 0 Å². The number of nitrogens with zero attached hydrogens (tertiary/aromatic N) is 1. The fourth-order valence-electron chi connectivity index (χ4n) is 3.22. The monoisotopic (exact) mass is 454 g/mol. The number of hydrogen-bond acceptors (Lipinski definition) is 5. The third-order valence-electron chi connectivity index (χ3n) is 5.15. The molecule has 7 nitrogen and oxygen atoms in total. The van der Waals surface area contributed by atoms with Gasteiger partial charge < -0.3 is 14.8 Å². The van der Waals surface area contributed by atoms with E-state index in [0.29, 0.717) is 17.2 Å². The van der Waals surface area contributed by atoms with E-state index in [-0.39, 0.29) is 10.6 Å². The van der Waals surface area contributed by atoms with Gasteiger partial charge in [-0.25, -0.2) is 8.42 Å². The van der Waals surface area contributed by atoms with E-state index in [0.717, 1.165) is 15.4 Å². The second kappa shape index (κ2) is 9.74. The molecular weight excluding hydrogens is 428 g/mol. The number of aryl methyl sites for hydroxylation is 1. The van der Waals surface area contributed by atoms with Crippen LogP contribution in [0.15, 0.2) is 71.6 Å². The molecular formula is C24H26N2O5S. The van der Waals surface area contributed by atoms with Crippen molar-refractivity contribution < 1.29 is 22.7 Å². The molecule has 0 aromatic heterocycles. The molecule has 1 amide bonds. The van der Waals surface area contributed by atoms with Crippen LogP contribution in [0, 0.1) is 13.8 Å². The second-order valence-electron chi connectivity index (χ2n) is 7.16. The summed E-state index contributed by atoms with van der Waals surface area (Å²) in [5.74, 6) is 0.247. The fourth-order valence-corrected chi connectivity index (χ4v) is 4.66. The molecule has 3 aromatic carbocycles. The highest BCUT2D eigenvalue weighted by atomic mass is 32.2. The van der Waals surface area contributed by atoms with E-state index >= 15 is 0 Å². The summed E-state index contributed by atoms with van der Waals surface area (Å²) in [6, 6.07) is 18.3. The average molecular weight is 455 g/mol. The van der Waals surface area contributed by atoms with E-state index in [2.05, 4.69) is 5.32 Å². The summed E-state index contributed by atoms with van der Waals surface area (Å²) in [5.41, 5.74) is 2.76. The van der Waals surface area contributed by atoms with Crippen LogP contribution in [0.4, 0.5) is 11.4 Å². The maximum atomic E-state index is 13.6. The molecule has 0 heterocycles. The molecule has 0 radical (unpaired) electrons. The highest BCUT2D eigenvalue weighted by Gasteiger charge is 2.30. The van der Waals surface area contributed by atoms with Crippen LogP contribution in [0.25, 0.3) is 0 Å². The minimum Gasteiger partial charge on any atom is -0.497 e. The molecule has 3 aromatic rings. The molecule has 3 rings (SSSR count). The molecule has 0 saturated carbocycles. The first-order valence-electron chi connectivity index (χ1n) is 9.94. The minimum atomic E-state index is -4.08. The Kier molecular flexibility index (Phi) is 7.05. The topological polar surface area (TPSA) is 84.9 Å². The molecule has 0 aliphatic carbocycles. The molecule has 0 saturated heterocycles. The van der Waals surface area contributed by atoms with Crippen molar-refractivity contribution in [2.45, 2.75) is 18.7 Å². The maximum Gasteiger partial charge on any atom is 0.264 e. The number of benzene rings is 3. The molecule has 0 fully saturated rings. The number of nitrogens with one attached hydrogen (secondary N) is 1. The minimum absolute atomic E-state index is 0.0596. The average Bonchev–Trinajstić information content (AvgIpc) is 2.80. The summed E-state index contributed by atoms with van der Waals surface area (Å²) in [7, 11) is -1.16. The van der Waals surface area contributed by atoms with Gasteiger partial charge in [-0.05, 0) is 55.3 Å². The molecule has 0 aliphatic heterocycles. The Balaban J connectivity index is 2.05. The third kappa shape index (κ3) is 4.86. The van der Waals surface area contributed by atoms with Gasteiger partial charge in [-0.1, -0.05) is 30.3 Å². The molecule has 0 atom stereocenters. The summed E-state index contributed by atoms with van der Waals surface area (Å²) >= 11 is 0. The van der Waals surface area contributed by atoms with Crippen molar-refractivity contribution in [2.75, 3.05) is 30.4 Å². The van der Waals surface area contributed by atoms with Crippen LogP contribution in [-0.2, 0) is 14.8 Å². The molecule has 0 unspecified atom stereocenters. The molecule has 168 valence electrons. The lowest BCUT2D eigenvalue weighted by molar-refractivity contribution is -0.114. The van der Waals surface area contributed by atoms with E-state index in [4.69, 9.17) is 9.47 Å². The van der Waals surface area contributed by atoms with E-state index in [1.54, 1.807) is 36.4 Å². The Labute approximate surface area is 188 Å². The number of carbonyl (C=O) groups is 1. The van der Waals surface area contributed by atoms with E-state index in [1.165, 1.54) is 32.4 Å². The summed E-state index contributed by atoms with van der Waals surface area (Å²) in [4.78, 5) is 13.1. The highest BCUT2D eigenvalue weighted by molar-refractivity contribution is 7.92. The van der Waals surface area contributed by atoms with Crippen molar-refractivity contribution in [3.63, 3.8) is 0 Å². The largest absolute Gasteiger partial charge is 0.497 e. The lowest BCUT2D eigenvalue weighted by Crippen LogP contribution is -2.38. The van der Waals surface area contributed by atoms with Crippen LogP contribution in [-0.4, -0.2) is 35.1 Å². The predicted molar refractivity (Wildman–Crippen MR) is 125 cm³/mol. The van der Waals surface area contributed by atoms with Crippen molar-refractivity contribution in [1.29, 1.82) is 0 Å². The van der Waals surface area contributed by atoms with Gasteiger partial charge in [0.25, 0.3) is 10.0 Å². The summed E-state index contributed by atoms with van der Waals surface area (Å²) in [5, 5.41) is 2.82. The van der Waals surface area contributed by atoms with Crippen LogP contribution < -0.4 is 19.1 Å². The Morgan fingerprint density at radius 3 is 2.31 bits per heavy atom. The van der Waals surface area contributed by atoms with Crippen molar-refractivity contribution in [2.24, 2.45) is 0 Å². The number of anilines is 2. The van der Waals surface area contributed by atoms with E-state index in [1.807, 2.05) is 26.0 Å². The van der Waals surface area contributed by atoms with Crippen molar-refractivity contribution >= 4 is 27.3 Å². The van der Waals surface area contributed by atoms with Crippen LogP contribution in [0.5, 0.6) is 11.5 Å². The van der Waals surface area contributed by atoms with Crippen molar-refractivity contribution in [3.8, 4) is 11.5 Å². The van der Waals surface area contributed by atoms with E-state index in [9.17, 15) is 13.2 Å². The first kappa shape index (κ1) is 23.1. The predicted octanol–water partition coefficient (Wildman–Crippen LogP) is 4.15. The Hall–Kier alpha value is -3.52. The van der Waals surface area contributed by atoms with Gasteiger partial charge in [0.2, 0.25) is 5.91 Å². The first-order chi connectivity index (χ1) is 15.3. The maximum absolute atomic E-state index is 13.6. The zero-order valence-electron chi connectivity index (χ0n) is 18.5. The van der Waals surface area contributed by atoms with Gasteiger partial charge in [0, 0.05) is 11.8 Å². The number of methoxy groups -OCH3 is 2. The zero-order chi connectivity index (χ0) is 23.3. The normalized spacial score (nSPS) is 11.0. The molecule has 0 aliphatic rings. The number of rotatable bonds is 8. The van der Waals surface area contributed by atoms with Gasteiger partial charge >= 0.3 is 0 Å². The lowest BCUT2D eigenvalue weighted by Gasteiger charge is -2.26. The number of sulfonamides is 1. The smallest absolute Gasteiger partial charge is 0.264 e. The summed E-state index contributed by atoms with van der Waals surface area (Å²) < 4.78 is 38.8. The summed E-state index contributed by atoms with van der Waals surface area (Å²) in [6.07, 6.45) is 0. The number of hydrogen-bond donors (Lipinski definition) is 1. The first-order valence-corrected chi connectivity index (χ1v) is 11.4. The van der Waals surface area contributed by atoms with Gasteiger partial charge in [0.05, 0.1) is 24.8 Å². The SMILES string of the molecule is COc1ccc(OC)c(N(CC(=O)Nc2cccc(C)c2C)S(=O)(=O)c2ccccc2)c1. The van der Waals surface area contributed by atoms with Gasteiger partial charge in [0.1, 0.15) is 18.0 Å². The van der Waals surface area contributed by atoms with E-state index < -0.39 is 22.5 Å². The lowest BCUT2D eigenvalue weighted by atomic mass is 10.1. The third-order valence-corrected chi connectivity index (χ3v) is 6.93. The highest BCUT2D eigenvalue weighted by Crippen LogP contribution is 2.35. The van der Waals surface area contributed by atoms with Gasteiger partial charge in [-0.15, -0.1) is 0 Å². The molecule has 1 N–H and O–H groups in total. The Morgan fingerprint density at radius 1 is 0.938 bits per heavy atom. The van der Waals surface area contributed by atoms with Gasteiger partial charge in [-0.2, -0.15) is 0 Å². The van der Waals surface area contributed by atoms with Crippen molar-refractivity contribution in [1.82, 2.24) is 0 Å². The number of carbonyl (C=O) groups excluding carboxylic acids is 1. The van der Waals surface area contributed by atoms with Gasteiger partial charge in [0.15, 0.2) is 0 Å². The van der Waals surface area contributed by atoms with Crippen LogP contribution in [0.1, 0.15) is 11.1 Å². The van der Waals surface area contributed by atoms with Crippen molar-refractivity contribution in [3.05, 3.63) is 77.9 Å². The molecule has 32 heavy (non-hydrogen) atoms. The Morgan fingerprint density at radius 2 is 1.66 bits per heavy atom. The molecule has 0 bridgehead atoms. The number of amides is 1. The van der Waals surface area contributed by atoms with Crippen LogP contribution in [0.3, 0.4) is 0 Å². The quantitative estimate of drug-likeness (QED) is 0.553. The van der Waals surface area contributed by atoms with Crippen LogP contribution >= 0.6 is 0 Å². The molecule has 0 spiro atoms. The number of ether oxygens (including phenoxy) is 2. The molecule has 8 heteroatoms. The van der Waals surface area contributed by atoms with Gasteiger partial charge in [-0.3, -0.25) is 9.10 Å². The standard InChI is InChI=1S/C24H26N2O5S/c1-17-9-8-12-21(18(17)2)25-24(27)16-26(32(28,29)20-10-6-5-7-11-20)22-15-19(30-3)13-14-23(22)31-4/h5-15H,16H2,1-4H3,(H,25,27). The Bertz CT molecular complexity index is 1210. The zero-order valence-corrected chi connectivity index (χ0v) is 19.3. The summed E-state index contributed by atoms with van der Waals surface area (Å²) in [6.45, 7) is 3.39. The second-order valence-corrected chi connectivity index (χ2v) is 9.02.